The molecule has 0 bridgehead atoms. The van der Waals surface area contributed by atoms with Gasteiger partial charge in [0.2, 0.25) is 0 Å². The summed E-state index contributed by atoms with van der Waals surface area (Å²) in [5.41, 5.74) is -1.91. The third-order valence-electron chi connectivity index (χ3n) is 8.30. The van der Waals surface area contributed by atoms with Crippen molar-refractivity contribution in [3.8, 4) is 0 Å². The molecule has 2 aromatic rings. The molecule has 1 aromatic carbocycles. The molecule has 7 nitrogen and oxygen atoms in total. The lowest BCUT2D eigenvalue weighted by Gasteiger charge is -2.40. The number of carboxylic acid groups (broad SMARTS) is 1. The van der Waals surface area contributed by atoms with Crippen LogP contribution in [0.3, 0.4) is 0 Å². The fraction of sp³-hybridized carbons (Fsp3) is 0.571. The van der Waals surface area contributed by atoms with E-state index in [2.05, 4.69) is 18.9 Å². The number of carbonyl (C=O) groups excluding carboxylic acids is 2. The van der Waals surface area contributed by atoms with E-state index < -0.39 is 59.6 Å². The highest BCUT2D eigenvalue weighted by Gasteiger charge is 2.44. The standard InChI is InChI=1S/C28H31Cl3F3N3O4/c1-27(2)9-7-17(8-10-27)36(14-22(38)23-20(30)11-16(29)12-21(23)31)25(39)19-13-35-37(24(19)28(32,33)34)18-5-3-15(4-6-18)26(40)41/h11-13,15,17-18H,3-10,14H2,1-2H3,(H,40,41). The molecular formula is C28H31Cl3F3N3O4. The van der Waals surface area contributed by atoms with Crippen molar-refractivity contribution in [2.75, 3.05) is 6.54 Å². The van der Waals surface area contributed by atoms with Crippen molar-refractivity contribution in [2.24, 2.45) is 11.3 Å². The molecular weight excluding hydrogens is 606 g/mol. The smallest absolute Gasteiger partial charge is 0.433 e. The first kappa shape index (κ1) is 31.6. The fourth-order valence-electron chi connectivity index (χ4n) is 5.91. The predicted octanol–water partition coefficient (Wildman–Crippen LogP) is 7.97. The van der Waals surface area contributed by atoms with Gasteiger partial charge < -0.3 is 10.0 Å². The van der Waals surface area contributed by atoms with Gasteiger partial charge in [-0.15, -0.1) is 0 Å². The Morgan fingerprint density at radius 3 is 2.10 bits per heavy atom. The Balaban J connectivity index is 1.70. The summed E-state index contributed by atoms with van der Waals surface area (Å²) in [6, 6.07) is 1.48. The summed E-state index contributed by atoms with van der Waals surface area (Å²) in [6.45, 7) is 3.63. The minimum Gasteiger partial charge on any atom is -0.481 e. The first-order chi connectivity index (χ1) is 19.1. The van der Waals surface area contributed by atoms with E-state index in [1.807, 2.05) is 0 Å². The Hall–Kier alpha value is -2.30. The number of ketones is 1. The van der Waals surface area contributed by atoms with Crippen molar-refractivity contribution >= 4 is 52.5 Å². The number of amides is 1. The molecule has 0 aliphatic heterocycles. The molecule has 0 saturated heterocycles. The molecule has 13 heteroatoms. The lowest BCUT2D eigenvalue weighted by molar-refractivity contribution is -0.147. The van der Waals surface area contributed by atoms with Gasteiger partial charge in [0.1, 0.15) is 0 Å². The zero-order valence-corrected chi connectivity index (χ0v) is 24.9. The highest BCUT2D eigenvalue weighted by molar-refractivity contribution is 6.42. The van der Waals surface area contributed by atoms with Crippen LogP contribution < -0.4 is 0 Å². The van der Waals surface area contributed by atoms with Crippen molar-refractivity contribution in [1.82, 2.24) is 14.7 Å². The van der Waals surface area contributed by atoms with E-state index >= 15 is 0 Å². The van der Waals surface area contributed by atoms with Crippen LogP contribution in [-0.2, 0) is 11.0 Å². The van der Waals surface area contributed by atoms with Gasteiger partial charge >= 0.3 is 12.1 Å². The van der Waals surface area contributed by atoms with E-state index in [0.29, 0.717) is 12.8 Å². The number of alkyl halides is 3. The summed E-state index contributed by atoms with van der Waals surface area (Å²) in [5, 5.41) is 13.4. The van der Waals surface area contributed by atoms with Crippen LogP contribution >= 0.6 is 34.8 Å². The van der Waals surface area contributed by atoms with Crippen LogP contribution in [0.15, 0.2) is 18.3 Å². The first-order valence-corrected chi connectivity index (χ1v) is 14.6. The monoisotopic (exact) mass is 635 g/mol. The van der Waals surface area contributed by atoms with Crippen molar-refractivity contribution < 1.29 is 32.7 Å². The van der Waals surface area contributed by atoms with Gasteiger partial charge in [-0.3, -0.25) is 19.1 Å². The largest absolute Gasteiger partial charge is 0.481 e. The van der Waals surface area contributed by atoms with Crippen LogP contribution in [0.1, 0.15) is 97.7 Å². The number of carbonyl (C=O) groups is 3. The van der Waals surface area contributed by atoms with Gasteiger partial charge in [0.15, 0.2) is 11.5 Å². The molecule has 0 unspecified atom stereocenters. The van der Waals surface area contributed by atoms with Gasteiger partial charge in [0.05, 0.1) is 45.9 Å². The molecule has 1 aromatic heterocycles. The number of halogens is 6. The first-order valence-electron chi connectivity index (χ1n) is 13.5. The van der Waals surface area contributed by atoms with E-state index in [1.54, 1.807) is 0 Å². The SMILES string of the molecule is CC1(C)CCC(N(CC(=O)c2c(Cl)cc(Cl)cc2Cl)C(=O)c2cnn(C3CCC(C(=O)O)CC3)c2C(F)(F)F)CC1. The van der Waals surface area contributed by atoms with Crippen LogP contribution in [0.5, 0.6) is 0 Å². The van der Waals surface area contributed by atoms with Crippen molar-refractivity contribution in [1.29, 1.82) is 0 Å². The maximum Gasteiger partial charge on any atom is 0.433 e. The number of benzene rings is 1. The number of aliphatic carboxylic acids is 1. The number of rotatable bonds is 7. The number of aromatic nitrogens is 2. The predicted molar refractivity (Wildman–Crippen MR) is 149 cm³/mol. The maximum absolute atomic E-state index is 14.5. The third kappa shape index (κ3) is 7.03. The van der Waals surface area contributed by atoms with E-state index in [-0.39, 0.29) is 51.7 Å². The van der Waals surface area contributed by atoms with Gasteiger partial charge in [0.25, 0.3) is 5.91 Å². The van der Waals surface area contributed by atoms with Gasteiger partial charge in [-0.2, -0.15) is 18.3 Å². The van der Waals surface area contributed by atoms with Crippen molar-refractivity contribution in [3.63, 3.8) is 0 Å². The molecule has 224 valence electrons. The quantitative estimate of drug-likeness (QED) is 0.311. The number of hydrogen-bond donors (Lipinski definition) is 1. The van der Waals surface area contributed by atoms with Gasteiger partial charge in [-0.25, -0.2) is 0 Å². The maximum atomic E-state index is 14.5. The zero-order chi connectivity index (χ0) is 30.3. The Morgan fingerprint density at radius 1 is 1.02 bits per heavy atom. The summed E-state index contributed by atoms with van der Waals surface area (Å²) in [5.74, 6) is -3.18. The summed E-state index contributed by atoms with van der Waals surface area (Å²) in [6.07, 6.45) is -0.786. The van der Waals surface area contributed by atoms with Crippen molar-refractivity contribution in [2.45, 2.75) is 83.5 Å². The topological polar surface area (TPSA) is 92.5 Å². The van der Waals surface area contributed by atoms with Crippen LogP contribution in [0.4, 0.5) is 13.2 Å². The Labute approximate surface area is 250 Å². The third-order valence-corrected chi connectivity index (χ3v) is 9.11. The Bertz CT molecular complexity index is 1300. The lowest BCUT2D eigenvalue weighted by atomic mass is 9.75. The summed E-state index contributed by atoms with van der Waals surface area (Å²) in [7, 11) is 0. The van der Waals surface area contributed by atoms with E-state index in [1.165, 1.54) is 17.0 Å². The molecule has 0 spiro atoms. The number of Topliss-reactive ketones (excluding diaryl/α,β-unsaturated/α-hetero) is 1. The van der Waals surface area contributed by atoms with Gasteiger partial charge in [-0.1, -0.05) is 48.7 Å². The van der Waals surface area contributed by atoms with E-state index in [9.17, 15) is 32.7 Å². The molecule has 2 fully saturated rings. The molecule has 41 heavy (non-hydrogen) atoms. The van der Waals surface area contributed by atoms with Gasteiger partial charge in [0, 0.05) is 11.1 Å². The van der Waals surface area contributed by atoms with Crippen LogP contribution in [0.2, 0.25) is 15.1 Å². The number of nitrogens with zero attached hydrogens (tertiary/aromatic N) is 3. The average Bonchev–Trinajstić information content (AvgIpc) is 3.33. The van der Waals surface area contributed by atoms with Crippen LogP contribution in [0, 0.1) is 11.3 Å². The summed E-state index contributed by atoms with van der Waals surface area (Å²) < 4.78 is 44.3. The highest BCUT2D eigenvalue weighted by atomic mass is 35.5. The van der Waals surface area contributed by atoms with E-state index in [4.69, 9.17) is 34.8 Å². The fourth-order valence-corrected chi connectivity index (χ4v) is 6.93. The normalized spacial score (nSPS) is 21.5. The van der Waals surface area contributed by atoms with E-state index in [0.717, 1.165) is 23.7 Å². The molecule has 2 aliphatic rings. The van der Waals surface area contributed by atoms with Gasteiger partial charge in [-0.05, 0) is 68.9 Å². The zero-order valence-electron chi connectivity index (χ0n) is 22.6. The molecule has 4 rings (SSSR count). The molecule has 2 saturated carbocycles. The molecule has 0 atom stereocenters. The Morgan fingerprint density at radius 2 is 1.59 bits per heavy atom. The molecule has 2 aliphatic carbocycles. The van der Waals surface area contributed by atoms with Crippen molar-refractivity contribution in [3.05, 3.63) is 50.2 Å². The second-order valence-corrected chi connectivity index (χ2v) is 12.9. The summed E-state index contributed by atoms with van der Waals surface area (Å²) >= 11 is 18.5. The average molecular weight is 637 g/mol. The number of hydrogen-bond acceptors (Lipinski definition) is 4. The minimum absolute atomic E-state index is 0.00513. The lowest BCUT2D eigenvalue weighted by Crippen LogP contribution is -2.46. The molecule has 0 radical (unpaired) electrons. The highest BCUT2D eigenvalue weighted by Crippen LogP contribution is 2.41. The van der Waals surface area contributed by atoms with Crippen LogP contribution in [0.25, 0.3) is 0 Å². The second kappa shape index (κ2) is 12.1. The molecule has 1 heterocycles. The second-order valence-electron chi connectivity index (χ2n) is 11.7. The summed E-state index contributed by atoms with van der Waals surface area (Å²) in [4.78, 5) is 39.9. The molecule has 1 N–H and O–H groups in total. The van der Waals surface area contributed by atoms with Crippen LogP contribution in [-0.4, -0.2) is 50.0 Å². The number of carboxylic acids is 1. The Kier molecular flexibility index (Phi) is 9.36. The minimum atomic E-state index is -4.92. The molecule has 1 amide bonds.